The third-order valence-electron chi connectivity index (χ3n) is 3.45. The van der Waals surface area contributed by atoms with Crippen LogP contribution in [0.15, 0.2) is 48.5 Å². The number of fused-ring (bicyclic) bond motifs is 1. The number of benzene rings is 2. The van der Waals surface area contributed by atoms with Gasteiger partial charge in [0.1, 0.15) is 0 Å². The lowest BCUT2D eigenvalue weighted by molar-refractivity contribution is -0.129. The molecule has 0 fully saturated rings. The summed E-state index contributed by atoms with van der Waals surface area (Å²) in [6.45, 7) is 0. The van der Waals surface area contributed by atoms with Gasteiger partial charge in [0.15, 0.2) is 5.60 Å². The second-order valence-corrected chi connectivity index (χ2v) is 4.64. The number of anilines is 1. The molecule has 1 amide bonds. The van der Waals surface area contributed by atoms with Crippen molar-refractivity contribution >= 4 is 11.6 Å². The fourth-order valence-corrected chi connectivity index (χ4v) is 2.43. The first-order valence-electron chi connectivity index (χ1n) is 6.05. The lowest BCUT2D eigenvalue weighted by Crippen LogP contribution is -2.35. The number of para-hydroxylation sites is 1. The smallest absolute Gasteiger partial charge is 0.265 e. The van der Waals surface area contributed by atoms with E-state index in [9.17, 15) is 18.7 Å². The van der Waals surface area contributed by atoms with Gasteiger partial charge in [-0.1, -0.05) is 36.4 Å². The molecule has 3 rings (SSSR count). The summed E-state index contributed by atoms with van der Waals surface area (Å²) in [5, 5.41) is 13.3. The molecule has 0 bridgehead atoms. The topological polar surface area (TPSA) is 49.3 Å². The fourth-order valence-electron chi connectivity index (χ4n) is 2.43. The molecule has 0 spiro atoms. The molecule has 0 radical (unpaired) electrons. The molecule has 1 aliphatic rings. The number of hydrogen-bond donors (Lipinski definition) is 2. The third-order valence-corrected chi connectivity index (χ3v) is 3.45. The van der Waals surface area contributed by atoms with Crippen LogP contribution >= 0.6 is 0 Å². The highest BCUT2D eigenvalue weighted by Gasteiger charge is 2.46. The Labute approximate surface area is 113 Å². The molecule has 2 aromatic carbocycles. The van der Waals surface area contributed by atoms with Gasteiger partial charge in [-0.05, 0) is 17.7 Å². The van der Waals surface area contributed by atoms with Crippen LogP contribution in [0.2, 0.25) is 0 Å². The molecule has 0 aromatic heterocycles. The van der Waals surface area contributed by atoms with Crippen molar-refractivity contribution in [2.75, 3.05) is 5.32 Å². The van der Waals surface area contributed by atoms with Crippen molar-refractivity contribution in [2.24, 2.45) is 0 Å². The van der Waals surface area contributed by atoms with Crippen molar-refractivity contribution in [3.05, 3.63) is 65.2 Å². The molecule has 5 heteroatoms. The van der Waals surface area contributed by atoms with Gasteiger partial charge in [-0.15, -0.1) is 0 Å². The minimum Gasteiger partial charge on any atom is -0.372 e. The second kappa shape index (κ2) is 4.38. The Bertz CT molecular complexity index is 687. The van der Waals surface area contributed by atoms with E-state index in [-0.39, 0.29) is 11.1 Å². The van der Waals surface area contributed by atoms with Crippen molar-refractivity contribution < 1.29 is 18.7 Å². The first-order valence-corrected chi connectivity index (χ1v) is 6.05. The molecule has 0 saturated heterocycles. The normalized spacial score (nSPS) is 20.9. The average molecular weight is 275 g/mol. The largest absolute Gasteiger partial charge is 0.372 e. The number of carbonyl (C=O) groups excluding carboxylic acids is 1. The fraction of sp³-hybridized carbons (Fsp3) is 0.133. The molecule has 0 aliphatic carbocycles. The SMILES string of the molecule is O=C1Nc2ccccc2C1(O)c1cccc(C(F)F)c1. The number of alkyl halides is 2. The Morgan fingerprint density at radius 2 is 1.85 bits per heavy atom. The van der Waals surface area contributed by atoms with Gasteiger partial charge < -0.3 is 10.4 Å². The van der Waals surface area contributed by atoms with Crippen LogP contribution in [-0.4, -0.2) is 11.0 Å². The van der Waals surface area contributed by atoms with E-state index in [4.69, 9.17) is 0 Å². The zero-order valence-corrected chi connectivity index (χ0v) is 10.3. The van der Waals surface area contributed by atoms with Crippen molar-refractivity contribution in [3.63, 3.8) is 0 Å². The van der Waals surface area contributed by atoms with Crippen molar-refractivity contribution in [1.29, 1.82) is 0 Å². The highest BCUT2D eigenvalue weighted by atomic mass is 19.3. The zero-order chi connectivity index (χ0) is 14.3. The Balaban J connectivity index is 2.18. The molecule has 1 atom stereocenters. The van der Waals surface area contributed by atoms with Gasteiger partial charge in [0.05, 0.1) is 0 Å². The summed E-state index contributed by atoms with van der Waals surface area (Å²) in [6, 6.07) is 11.9. The summed E-state index contributed by atoms with van der Waals surface area (Å²) in [7, 11) is 0. The van der Waals surface area contributed by atoms with Gasteiger partial charge in [0.2, 0.25) is 0 Å². The standard InChI is InChI=1S/C15H11F2NO2/c16-13(17)9-4-3-5-10(8-9)15(20)11-6-1-2-7-12(11)18-14(15)19/h1-8,13,20H,(H,18,19). The van der Waals surface area contributed by atoms with Gasteiger partial charge in [0.25, 0.3) is 12.3 Å². The van der Waals surface area contributed by atoms with Crippen LogP contribution in [0.4, 0.5) is 14.5 Å². The van der Waals surface area contributed by atoms with Crippen LogP contribution in [0, 0.1) is 0 Å². The van der Waals surface area contributed by atoms with Gasteiger partial charge in [-0.25, -0.2) is 8.78 Å². The number of rotatable bonds is 2. The number of nitrogens with one attached hydrogen (secondary N) is 1. The summed E-state index contributed by atoms with van der Waals surface area (Å²) < 4.78 is 25.5. The summed E-state index contributed by atoms with van der Waals surface area (Å²) in [5.41, 5.74) is -1.16. The molecule has 0 saturated carbocycles. The lowest BCUT2D eigenvalue weighted by Gasteiger charge is -2.22. The molecule has 20 heavy (non-hydrogen) atoms. The molecule has 102 valence electrons. The number of amides is 1. The van der Waals surface area contributed by atoms with Gasteiger partial charge in [-0.3, -0.25) is 4.79 Å². The average Bonchev–Trinajstić information content (AvgIpc) is 2.72. The van der Waals surface area contributed by atoms with Crippen molar-refractivity contribution in [2.45, 2.75) is 12.0 Å². The molecular weight excluding hydrogens is 264 g/mol. The van der Waals surface area contributed by atoms with Crippen molar-refractivity contribution in [3.8, 4) is 0 Å². The predicted molar refractivity (Wildman–Crippen MR) is 69.5 cm³/mol. The van der Waals surface area contributed by atoms with E-state index in [0.29, 0.717) is 11.3 Å². The van der Waals surface area contributed by atoms with Crippen LogP contribution in [-0.2, 0) is 10.4 Å². The Morgan fingerprint density at radius 1 is 1.10 bits per heavy atom. The molecule has 3 nitrogen and oxygen atoms in total. The summed E-state index contributed by atoms with van der Waals surface area (Å²) in [4.78, 5) is 12.1. The Morgan fingerprint density at radius 3 is 2.60 bits per heavy atom. The Kier molecular flexibility index (Phi) is 2.79. The van der Waals surface area contributed by atoms with E-state index >= 15 is 0 Å². The lowest BCUT2D eigenvalue weighted by atomic mass is 9.87. The summed E-state index contributed by atoms with van der Waals surface area (Å²) >= 11 is 0. The highest BCUT2D eigenvalue weighted by molar-refractivity contribution is 6.07. The van der Waals surface area contributed by atoms with E-state index in [2.05, 4.69) is 5.32 Å². The van der Waals surface area contributed by atoms with Gasteiger partial charge in [0, 0.05) is 16.8 Å². The molecule has 2 N–H and O–H groups in total. The Hall–Kier alpha value is -2.27. The maximum absolute atomic E-state index is 12.8. The van der Waals surface area contributed by atoms with E-state index in [1.165, 1.54) is 18.2 Å². The molecule has 1 heterocycles. The maximum atomic E-state index is 12.8. The quantitative estimate of drug-likeness (QED) is 0.885. The summed E-state index contributed by atoms with van der Waals surface area (Å²) in [6.07, 6.45) is -2.65. The first kappa shape index (κ1) is 12.7. The van der Waals surface area contributed by atoms with Crippen LogP contribution in [0.25, 0.3) is 0 Å². The molecule has 1 unspecified atom stereocenters. The monoisotopic (exact) mass is 275 g/mol. The number of carbonyl (C=O) groups is 1. The van der Waals surface area contributed by atoms with Crippen LogP contribution in [0.1, 0.15) is 23.1 Å². The third kappa shape index (κ3) is 1.71. The van der Waals surface area contributed by atoms with Gasteiger partial charge >= 0.3 is 0 Å². The molecule has 2 aromatic rings. The predicted octanol–water partition coefficient (Wildman–Crippen LogP) is 2.81. The van der Waals surface area contributed by atoms with E-state index in [1.54, 1.807) is 24.3 Å². The second-order valence-electron chi connectivity index (χ2n) is 4.64. The van der Waals surface area contributed by atoms with Crippen LogP contribution in [0.5, 0.6) is 0 Å². The minimum atomic E-state index is -2.65. The maximum Gasteiger partial charge on any atom is 0.265 e. The van der Waals surface area contributed by atoms with Crippen LogP contribution in [0.3, 0.4) is 0 Å². The zero-order valence-electron chi connectivity index (χ0n) is 10.3. The number of aliphatic hydroxyl groups is 1. The number of halogens is 2. The minimum absolute atomic E-state index is 0.137. The van der Waals surface area contributed by atoms with E-state index < -0.39 is 17.9 Å². The van der Waals surface area contributed by atoms with E-state index in [1.807, 2.05) is 0 Å². The molecule has 1 aliphatic heterocycles. The van der Waals surface area contributed by atoms with Crippen LogP contribution < -0.4 is 5.32 Å². The first-order chi connectivity index (χ1) is 9.53. The molecular formula is C15H11F2NO2. The van der Waals surface area contributed by atoms with E-state index in [0.717, 1.165) is 6.07 Å². The highest BCUT2D eigenvalue weighted by Crippen LogP contribution is 2.41. The van der Waals surface area contributed by atoms with Crippen molar-refractivity contribution in [1.82, 2.24) is 0 Å². The summed E-state index contributed by atoms with van der Waals surface area (Å²) in [5.74, 6) is -0.634. The van der Waals surface area contributed by atoms with Gasteiger partial charge in [-0.2, -0.15) is 0 Å². The number of hydrogen-bond acceptors (Lipinski definition) is 2.